The van der Waals surface area contributed by atoms with Crippen LogP contribution in [0, 0.1) is 0 Å². The molecular formula is C8H12N2OS2. The maximum absolute atomic E-state index is 11.0. The van der Waals surface area contributed by atoms with Crippen LogP contribution >= 0.6 is 23.5 Å². The molecule has 1 N–H and O–H groups in total. The highest BCUT2D eigenvalue weighted by Gasteiger charge is 2.30. The zero-order valence-electron chi connectivity index (χ0n) is 7.45. The molecule has 2 rings (SSSR count). The molecule has 3 nitrogen and oxygen atoms in total. The average molecular weight is 216 g/mol. The Kier molecular flexibility index (Phi) is 2.83. The number of nitrogens with zero attached hydrogens (tertiary/aromatic N) is 1. The number of rotatable bonds is 1. The van der Waals surface area contributed by atoms with E-state index in [1.165, 1.54) is 5.75 Å². The standard InChI is InChI=1S/C8H12N2OS2/c1-5-7(13-3-2-12-5)8-9-4-6(11)10-8/h5,7H,2-4H2,1H3,(H,9,10,11). The zero-order chi connectivity index (χ0) is 9.26. The molecule has 0 aromatic heterocycles. The summed E-state index contributed by atoms with van der Waals surface area (Å²) in [7, 11) is 0. The van der Waals surface area contributed by atoms with Gasteiger partial charge in [-0.05, 0) is 0 Å². The summed E-state index contributed by atoms with van der Waals surface area (Å²) in [5.74, 6) is 3.31. The van der Waals surface area contributed by atoms with Crippen molar-refractivity contribution < 1.29 is 4.79 Å². The summed E-state index contributed by atoms with van der Waals surface area (Å²) in [5.41, 5.74) is 0. The lowest BCUT2D eigenvalue weighted by molar-refractivity contribution is -0.117. The van der Waals surface area contributed by atoms with Crippen LogP contribution in [0.15, 0.2) is 4.99 Å². The molecule has 1 fully saturated rings. The molecule has 5 heteroatoms. The fraction of sp³-hybridized carbons (Fsp3) is 0.750. The maximum atomic E-state index is 11.0. The molecule has 2 atom stereocenters. The summed E-state index contributed by atoms with van der Waals surface area (Å²) in [6.45, 7) is 2.53. The molecule has 1 amide bonds. The quantitative estimate of drug-likeness (QED) is 0.703. The normalized spacial score (nSPS) is 34.2. The van der Waals surface area contributed by atoms with Gasteiger partial charge in [-0.3, -0.25) is 9.79 Å². The Bertz CT molecular complexity index is 255. The Morgan fingerprint density at radius 1 is 1.46 bits per heavy atom. The van der Waals surface area contributed by atoms with Gasteiger partial charge in [-0.2, -0.15) is 11.8 Å². The van der Waals surface area contributed by atoms with E-state index >= 15 is 0 Å². The van der Waals surface area contributed by atoms with Crippen molar-refractivity contribution in [3.05, 3.63) is 0 Å². The van der Waals surface area contributed by atoms with Gasteiger partial charge in [0.1, 0.15) is 12.4 Å². The predicted octanol–water partition coefficient (Wildman–Crippen LogP) is 0.752. The number of amidine groups is 1. The van der Waals surface area contributed by atoms with Crippen molar-refractivity contribution in [2.45, 2.75) is 17.4 Å². The van der Waals surface area contributed by atoms with E-state index in [-0.39, 0.29) is 5.91 Å². The topological polar surface area (TPSA) is 41.5 Å². The van der Waals surface area contributed by atoms with Crippen LogP contribution in [-0.2, 0) is 4.79 Å². The van der Waals surface area contributed by atoms with Gasteiger partial charge in [-0.25, -0.2) is 0 Å². The van der Waals surface area contributed by atoms with Crippen LogP contribution in [-0.4, -0.2) is 40.3 Å². The Morgan fingerprint density at radius 2 is 2.23 bits per heavy atom. The monoisotopic (exact) mass is 216 g/mol. The first-order chi connectivity index (χ1) is 6.27. The fourth-order valence-electron chi connectivity index (χ4n) is 1.47. The summed E-state index contributed by atoms with van der Waals surface area (Å²) < 4.78 is 0. The van der Waals surface area contributed by atoms with Crippen molar-refractivity contribution >= 4 is 35.3 Å². The molecule has 0 radical (unpaired) electrons. The van der Waals surface area contributed by atoms with Crippen molar-refractivity contribution in [2.75, 3.05) is 18.1 Å². The minimum atomic E-state index is 0.0402. The Labute approximate surface area is 86.1 Å². The van der Waals surface area contributed by atoms with E-state index in [1.54, 1.807) is 0 Å². The molecule has 2 unspecified atom stereocenters. The smallest absolute Gasteiger partial charge is 0.247 e. The third kappa shape index (κ3) is 2.02. The highest BCUT2D eigenvalue weighted by molar-refractivity contribution is 8.07. The largest absolute Gasteiger partial charge is 0.312 e. The molecule has 0 saturated carbocycles. The number of nitrogens with one attached hydrogen (secondary N) is 1. The van der Waals surface area contributed by atoms with Crippen LogP contribution < -0.4 is 5.32 Å². The van der Waals surface area contributed by atoms with Crippen molar-refractivity contribution in [3.8, 4) is 0 Å². The molecule has 0 aromatic carbocycles. The summed E-state index contributed by atoms with van der Waals surface area (Å²) in [6, 6.07) is 0. The molecule has 0 bridgehead atoms. The van der Waals surface area contributed by atoms with Gasteiger partial charge in [0.15, 0.2) is 0 Å². The van der Waals surface area contributed by atoms with Gasteiger partial charge in [0.05, 0.1) is 5.25 Å². The van der Waals surface area contributed by atoms with E-state index in [9.17, 15) is 4.79 Å². The third-order valence-corrected chi connectivity index (χ3v) is 5.22. The number of thioether (sulfide) groups is 2. The first-order valence-electron chi connectivity index (χ1n) is 4.35. The van der Waals surface area contributed by atoms with Gasteiger partial charge in [0.25, 0.3) is 0 Å². The fourth-order valence-corrected chi connectivity index (χ4v) is 4.21. The lowest BCUT2D eigenvalue weighted by atomic mass is 10.3. The lowest BCUT2D eigenvalue weighted by Gasteiger charge is -2.27. The molecule has 1 saturated heterocycles. The van der Waals surface area contributed by atoms with Crippen molar-refractivity contribution in [3.63, 3.8) is 0 Å². The number of amides is 1. The Morgan fingerprint density at radius 3 is 2.85 bits per heavy atom. The molecule has 0 aromatic rings. The number of aliphatic imine (C=N–C) groups is 1. The Balaban J connectivity index is 2.02. The van der Waals surface area contributed by atoms with E-state index in [2.05, 4.69) is 17.2 Å². The minimum absolute atomic E-state index is 0.0402. The first kappa shape index (κ1) is 9.40. The van der Waals surface area contributed by atoms with Crippen LogP contribution in [0.4, 0.5) is 0 Å². The van der Waals surface area contributed by atoms with E-state index < -0.39 is 0 Å². The van der Waals surface area contributed by atoms with Gasteiger partial charge in [-0.1, -0.05) is 6.92 Å². The van der Waals surface area contributed by atoms with E-state index in [4.69, 9.17) is 0 Å². The van der Waals surface area contributed by atoms with E-state index in [0.29, 0.717) is 17.0 Å². The number of hydrogen-bond acceptors (Lipinski definition) is 4. The van der Waals surface area contributed by atoms with Crippen LogP contribution in [0.3, 0.4) is 0 Å². The summed E-state index contributed by atoms with van der Waals surface area (Å²) in [6.07, 6.45) is 0. The second-order valence-electron chi connectivity index (χ2n) is 3.12. The van der Waals surface area contributed by atoms with Crippen LogP contribution in [0.2, 0.25) is 0 Å². The van der Waals surface area contributed by atoms with Gasteiger partial charge >= 0.3 is 0 Å². The molecule has 72 valence electrons. The van der Waals surface area contributed by atoms with Crippen molar-refractivity contribution in [2.24, 2.45) is 4.99 Å². The van der Waals surface area contributed by atoms with Crippen LogP contribution in [0.25, 0.3) is 0 Å². The first-order valence-corrected chi connectivity index (χ1v) is 6.44. The molecule has 2 aliphatic rings. The molecule has 0 spiro atoms. The third-order valence-electron chi connectivity index (χ3n) is 2.12. The second-order valence-corrected chi connectivity index (χ2v) is 5.85. The zero-order valence-corrected chi connectivity index (χ0v) is 9.08. The molecule has 13 heavy (non-hydrogen) atoms. The summed E-state index contributed by atoms with van der Waals surface area (Å²) >= 11 is 3.87. The number of carbonyl (C=O) groups excluding carboxylic acids is 1. The van der Waals surface area contributed by atoms with Gasteiger partial charge in [0, 0.05) is 16.8 Å². The van der Waals surface area contributed by atoms with E-state index in [0.717, 1.165) is 11.6 Å². The molecule has 0 aliphatic carbocycles. The van der Waals surface area contributed by atoms with Crippen LogP contribution in [0.5, 0.6) is 0 Å². The lowest BCUT2D eigenvalue weighted by Crippen LogP contribution is -2.39. The molecular weight excluding hydrogens is 204 g/mol. The SMILES string of the molecule is CC1SCCSC1C1=NCC(=O)N1. The maximum Gasteiger partial charge on any atom is 0.247 e. The highest BCUT2D eigenvalue weighted by atomic mass is 32.2. The van der Waals surface area contributed by atoms with Gasteiger partial charge < -0.3 is 5.32 Å². The number of hydrogen-bond donors (Lipinski definition) is 1. The Hall–Kier alpha value is -0.160. The van der Waals surface area contributed by atoms with Gasteiger partial charge in [0.2, 0.25) is 5.91 Å². The van der Waals surface area contributed by atoms with Crippen molar-refractivity contribution in [1.82, 2.24) is 5.32 Å². The summed E-state index contributed by atoms with van der Waals surface area (Å²) in [5, 5.41) is 3.79. The van der Waals surface area contributed by atoms with Crippen molar-refractivity contribution in [1.29, 1.82) is 0 Å². The van der Waals surface area contributed by atoms with E-state index in [1.807, 2.05) is 23.5 Å². The van der Waals surface area contributed by atoms with Gasteiger partial charge in [-0.15, -0.1) is 11.8 Å². The van der Waals surface area contributed by atoms with Crippen LogP contribution in [0.1, 0.15) is 6.92 Å². The average Bonchev–Trinajstić information content (AvgIpc) is 2.53. The molecule has 2 heterocycles. The number of carbonyl (C=O) groups is 1. The highest BCUT2D eigenvalue weighted by Crippen LogP contribution is 2.31. The predicted molar refractivity (Wildman–Crippen MR) is 58.6 cm³/mol. The second kappa shape index (κ2) is 3.92. The minimum Gasteiger partial charge on any atom is -0.312 e. The summed E-state index contributed by atoms with van der Waals surface area (Å²) in [4.78, 5) is 15.2. The molecule has 2 aliphatic heterocycles.